The third kappa shape index (κ3) is 3.03. The van der Waals surface area contributed by atoms with Crippen molar-refractivity contribution in [2.45, 2.75) is 26.3 Å². The molecule has 126 valence electrons. The number of anilines is 1. The van der Waals surface area contributed by atoms with Gasteiger partial charge in [-0.15, -0.1) is 5.10 Å². The fourth-order valence-corrected chi connectivity index (χ4v) is 3.28. The lowest BCUT2D eigenvalue weighted by Crippen LogP contribution is -2.36. The van der Waals surface area contributed by atoms with Gasteiger partial charge in [-0.25, -0.2) is 4.68 Å². The predicted molar refractivity (Wildman–Crippen MR) is 94.5 cm³/mol. The summed E-state index contributed by atoms with van der Waals surface area (Å²) in [5.41, 5.74) is 4.72. The van der Waals surface area contributed by atoms with Crippen LogP contribution in [-0.2, 0) is 13.0 Å². The third-order valence-electron chi connectivity index (χ3n) is 4.54. The van der Waals surface area contributed by atoms with Crippen molar-refractivity contribution in [2.75, 3.05) is 11.4 Å². The molecule has 0 saturated heterocycles. The Morgan fingerprint density at radius 3 is 2.96 bits per heavy atom. The fourth-order valence-electron chi connectivity index (χ4n) is 3.28. The molecule has 3 aromatic rings. The number of hydrogen-bond acceptors (Lipinski definition) is 4. The van der Waals surface area contributed by atoms with Gasteiger partial charge in [0, 0.05) is 18.4 Å². The zero-order valence-electron chi connectivity index (χ0n) is 14.1. The van der Waals surface area contributed by atoms with Gasteiger partial charge < -0.3 is 4.90 Å². The summed E-state index contributed by atoms with van der Waals surface area (Å²) < 4.78 is 1.65. The van der Waals surface area contributed by atoms with E-state index in [1.807, 2.05) is 35.2 Å². The molecule has 1 aliphatic heterocycles. The summed E-state index contributed by atoms with van der Waals surface area (Å²) in [4.78, 5) is 19.0. The minimum atomic E-state index is -0.0983. The van der Waals surface area contributed by atoms with Crippen LogP contribution in [0.5, 0.6) is 0 Å². The lowest BCUT2D eigenvalue weighted by Gasteiger charge is -2.29. The monoisotopic (exact) mass is 333 g/mol. The highest BCUT2D eigenvalue weighted by Gasteiger charge is 2.26. The molecule has 25 heavy (non-hydrogen) atoms. The summed E-state index contributed by atoms with van der Waals surface area (Å²) in [7, 11) is 0. The van der Waals surface area contributed by atoms with Gasteiger partial charge in [-0.3, -0.25) is 9.78 Å². The highest BCUT2D eigenvalue weighted by Crippen LogP contribution is 2.30. The molecule has 0 fully saturated rings. The van der Waals surface area contributed by atoms with Crippen molar-refractivity contribution < 1.29 is 4.79 Å². The molecule has 0 spiro atoms. The maximum atomic E-state index is 12.9. The number of amides is 1. The van der Waals surface area contributed by atoms with Crippen LogP contribution in [-0.4, -0.2) is 32.4 Å². The van der Waals surface area contributed by atoms with Crippen LogP contribution >= 0.6 is 0 Å². The summed E-state index contributed by atoms with van der Waals surface area (Å²) in [5, 5.41) is 8.16. The second kappa shape index (κ2) is 6.47. The van der Waals surface area contributed by atoms with E-state index in [1.54, 1.807) is 17.1 Å². The van der Waals surface area contributed by atoms with Crippen LogP contribution in [0.2, 0.25) is 0 Å². The SMILES string of the molecule is Cc1cccc2c1CCCN2C(=O)c1cn(Cc2ccccn2)nn1. The lowest BCUT2D eigenvalue weighted by molar-refractivity contribution is 0.0980. The quantitative estimate of drug-likeness (QED) is 0.739. The molecule has 1 aliphatic rings. The van der Waals surface area contributed by atoms with E-state index in [9.17, 15) is 4.79 Å². The molecule has 0 unspecified atom stereocenters. The fraction of sp³-hybridized carbons (Fsp3) is 0.263. The normalized spacial score (nSPS) is 13.6. The first-order valence-corrected chi connectivity index (χ1v) is 8.43. The van der Waals surface area contributed by atoms with Crippen LogP contribution in [0.1, 0.15) is 33.7 Å². The van der Waals surface area contributed by atoms with Gasteiger partial charge in [-0.2, -0.15) is 0 Å². The average molecular weight is 333 g/mol. The molecule has 0 atom stereocenters. The van der Waals surface area contributed by atoms with E-state index in [-0.39, 0.29) is 5.91 Å². The van der Waals surface area contributed by atoms with E-state index in [2.05, 4.69) is 28.3 Å². The summed E-state index contributed by atoms with van der Waals surface area (Å²) in [6.07, 6.45) is 5.41. The van der Waals surface area contributed by atoms with Crippen LogP contribution in [0.15, 0.2) is 48.8 Å². The van der Waals surface area contributed by atoms with Gasteiger partial charge in [0.2, 0.25) is 0 Å². The first-order chi connectivity index (χ1) is 12.2. The number of carbonyl (C=O) groups is 1. The zero-order chi connectivity index (χ0) is 17.2. The van der Waals surface area contributed by atoms with E-state index < -0.39 is 0 Å². The summed E-state index contributed by atoms with van der Waals surface area (Å²) in [5.74, 6) is -0.0983. The highest BCUT2D eigenvalue weighted by atomic mass is 16.2. The molecule has 3 heterocycles. The third-order valence-corrected chi connectivity index (χ3v) is 4.54. The summed E-state index contributed by atoms with van der Waals surface area (Å²) >= 11 is 0. The van der Waals surface area contributed by atoms with E-state index in [0.29, 0.717) is 18.8 Å². The van der Waals surface area contributed by atoms with Crippen LogP contribution in [0.3, 0.4) is 0 Å². The van der Waals surface area contributed by atoms with Crippen LogP contribution in [0.25, 0.3) is 0 Å². The smallest absolute Gasteiger partial charge is 0.280 e. The second-order valence-corrected chi connectivity index (χ2v) is 6.26. The number of nitrogens with zero attached hydrogens (tertiary/aromatic N) is 5. The van der Waals surface area contributed by atoms with Crippen LogP contribution < -0.4 is 4.90 Å². The highest BCUT2D eigenvalue weighted by molar-refractivity contribution is 6.05. The number of carbonyl (C=O) groups excluding carboxylic acids is 1. The number of aromatic nitrogens is 4. The summed E-state index contributed by atoms with van der Waals surface area (Å²) in [6, 6.07) is 11.8. The minimum absolute atomic E-state index is 0.0983. The Balaban J connectivity index is 1.58. The van der Waals surface area contributed by atoms with Crippen molar-refractivity contribution in [1.82, 2.24) is 20.0 Å². The molecule has 0 radical (unpaired) electrons. The number of rotatable bonds is 3. The summed E-state index contributed by atoms with van der Waals surface area (Å²) in [6.45, 7) is 3.30. The molecule has 6 heteroatoms. The van der Waals surface area contributed by atoms with E-state index in [4.69, 9.17) is 0 Å². The van der Waals surface area contributed by atoms with Crippen molar-refractivity contribution in [2.24, 2.45) is 0 Å². The molecule has 1 amide bonds. The number of hydrogen-bond donors (Lipinski definition) is 0. The van der Waals surface area contributed by atoms with Gasteiger partial charge in [0.05, 0.1) is 18.4 Å². The van der Waals surface area contributed by atoms with Gasteiger partial charge >= 0.3 is 0 Å². The minimum Gasteiger partial charge on any atom is -0.307 e. The predicted octanol–water partition coefficient (Wildman–Crippen LogP) is 2.62. The topological polar surface area (TPSA) is 63.9 Å². The van der Waals surface area contributed by atoms with Crippen molar-refractivity contribution in [3.8, 4) is 0 Å². The number of aryl methyl sites for hydroxylation is 1. The second-order valence-electron chi connectivity index (χ2n) is 6.26. The zero-order valence-corrected chi connectivity index (χ0v) is 14.1. The molecule has 0 aliphatic carbocycles. The number of pyridine rings is 1. The Kier molecular flexibility index (Phi) is 4.01. The van der Waals surface area contributed by atoms with Crippen molar-refractivity contribution in [3.63, 3.8) is 0 Å². The van der Waals surface area contributed by atoms with Gasteiger partial charge in [-0.05, 0) is 49.1 Å². The Labute approximate surface area is 146 Å². The largest absolute Gasteiger partial charge is 0.307 e. The Morgan fingerprint density at radius 1 is 1.20 bits per heavy atom. The Hall–Kier alpha value is -3.02. The van der Waals surface area contributed by atoms with Crippen LogP contribution in [0, 0.1) is 6.92 Å². The van der Waals surface area contributed by atoms with Gasteiger partial charge in [0.1, 0.15) is 0 Å². The standard InChI is InChI=1S/C19H19N5O/c1-14-6-4-9-18-16(14)8-5-11-24(18)19(25)17-13-23(22-21-17)12-15-7-2-3-10-20-15/h2-4,6-7,9-10,13H,5,8,11-12H2,1H3. The first-order valence-electron chi connectivity index (χ1n) is 8.43. The molecule has 0 N–H and O–H groups in total. The molecule has 0 saturated carbocycles. The molecule has 6 nitrogen and oxygen atoms in total. The molecular formula is C19H19N5O. The maximum absolute atomic E-state index is 12.9. The Bertz CT molecular complexity index is 903. The molecular weight excluding hydrogens is 314 g/mol. The van der Waals surface area contributed by atoms with Crippen molar-refractivity contribution in [1.29, 1.82) is 0 Å². The van der Waals surface area contributed by atoms with Crippen LogP contribution in [0.4, 0.5) is 5.69 Å². The molecule has 0 bridgehead atoms. The van der Waals surface area contributed by atoms with Gasteiger partial charge in [-0.1, -0.05) is 23.4 Å². The van der Waals surface area contributed by atoms with Gasteiger partial charge in [0.25, 0.3) is 5.91 Å². The van der Waals surface area contributed by atoms with E-state index in [0.717, 1.165) is 24.2 Å². The average Bonchev–Trinajstić information content (AvgIpc) is 3.10. The number of benzene rings is 1. The lowest BCUT2D eigenvalue weighted by atomic mass is 9.97. The number of fused-ring (bicyclic) bond motifs is 1. The van der Waals surface area contributed by atoms with Gasteiger partial charge in [0.15, 0.2) is 5.69 Å². The van der Waals surface area contributed by atoms with Crippen molar-refractivity contribution >= 4 is 11.6 Å². The first kappa shape index (κ1) is 15.5. The maximum Gasteiger partial charge on any atom is 0.280 e. The Morgan fingerprint density at radius 2 is 2.12 bits per heavy atom. The van der Waals surface area contributed by atoms with E-state index >= 15 is 0 Å². The van der Waals surface area contributed by atoms with E-state index in [1.165, 1.54) is 11.1 Å². The molecule has 1 aromatic carbocycles. The van der Waals surface area contributed by atoms with Crippen molar-refractivity contribution in [3.05, 3.63) is 71.3 Å². The molecule has 4 rings (SSSR count). The molecule has 2 aromatic heterocycles.